The first kappa shape index (κ1) is 29.6. The molecule has 3 heterocycles. The molecule has 3 aliphatic rings. The normalized spacial score (nSPS) is 21.2. The van der Waals surface area contributed by atoms with Gasteiger partial charge in [-0.15, -0.1) is 0 Å². The van der Waals surface area contributed by atoms with Crippen LogP contribution >= 0.6 is 0 Å². The van der Waals surface area contributed by atoms with E-state index in [0.717, 1.165) is 44.9 Å². The van der Waals surface area contributed by atoms with Gasteiger partial charge < -0.3 is 14.8 Å². The van der Waals surface area contributed by atoms with Crippen molar-refractivity contribution in [2.75, 3.05) is 27.2 Å². The first-order valence-electron chi connectivity index (χ1n) is 15.3. The zero-order valence-electron chi connectivity index (χ0n) is 25.4. The number of fused-ring (bicyclic) bond motifs is 5. The molecule has 1 aromatic heterocycles. The SMILES string of the molecule is CC1CN(C(=O)C2=Cc3ccccc3-c3c(C4CCCCC4)c4ccc(C(=O)NS(=O)(=O)N(C)C)cc4n3C2)CC(C)N1. The van der Waals surface area contributed by atoms with Crippen LogP contribution in [0.2, 0.25) is 0 Å². The molecule has 1 saturated heterocycles. The number of benzene rings is 2. The minimum absolute atomic E-state index is 0.0230. The Hall–Kier alpha value is -3.47. The third-order valence-corrected chi connectivity index (χ3v) is 10.5. The molecule has 6 rings (SSSR count). The van der Waals surface area contributed by atoms with Gasteiger partial charge in [-0.3, -0.25) is 9.59 Å². The van der Waals surface area contributed by atoms with Crippen LogP contribution in [-0.4, -0.2) is 73.3 Å². The first-order chi connectivity index (χ1) is 20.5. The van der Waals surface area contributed by atoms with E-state index in [4.69, 9.17) is 0 Å². The van der Waals surface area contributed by atoms with Crippen LogP contribution in [0.25, 0.3) is 28.2 Å². The first-order valence-corrected chi connectivity index (χ1v) is 16.7. The number of nitrogens with zero attached hydrogens (tertiary/aromatic N) is 3. The lowest BCUT2D eigenvalue weighted by Crippen LogP contribution is -2.56. The van der Waals surface area contributed by atoms with Crippen molar-refractivity contribution in [1.29, 1.82) is 0 Å². The van der Waals surface area contributed by atoms with Crippen molar-refractivity contribution in [3.05, 3.63) is 64.7 Å². The van der Waals surface area contributed by atoms with Crippen LogP contribution in [0.5, 0.6) is 0 Å². The number of carbonyl (C=O) groups excluding carboxylic acids is 2. The minimum Gasteiger partial charge on any atom is -0.336 e. The van der Waals surface area contributed by atoms with Gasteiger partial charge >= 0.3 is 10.2 Å². The van der Waals surface area contributed by atoms with Crippen LogP contribution in [-0.2, 0) is 21.5 Å². The molecular weight excluding hydrogens is 562 g/mol. The fourth-order valence-electron chi connectivity index (χ4n) is 7.11. The van der Waals surface area contributed by atoms with E-state index in [2.05, 4.69) is 40.6 Å². The van der Waals surface area contributed by atoms with Crippen molar-refractivity contribution >= 4 is 39.0 Å². The van der Waals surface area contributed by atoms with Crippen LogP contribution in [0.3, 0.4) is 0 Å². The molecule has 0 bridgehead atoms. The standard InChI is InChI=1S/C33H41N5O4S/c1-21-18-37(19-22(2)34-21)33(40)26-16-24-12-8-9-13-27(24)31-30(23-10-6-5-7-11-23)28-15-14-25(17-29(28)38(31)20-26)32(39)35-43(41,42)36(3)4/h8-9,12-17,21-23,34H,5-7,10-11,18-20H2,1-4H3,(H,35,39). The van der Waals surface area contributed by atoms with Gasteiger partial charge in [0, 0.05) is 66.9 Å². The monoisotopic (exact) mass is 603 g/mol. The number of aromatic nitrogens is 1. The molecule has 9 nitrogen and oxygen atoms in total. The highest BCUT2D eigenvalue weighted by Crippen LogP contribution is 2.46. The average molecular weight is 604 g/mol. The summed E-state index contributed by atoms with van der Waals surface area (Å²) in [6.07, 6.45) is 7.79. The van der Waals surface area contributed by atoms with Crippen LogP contribution in [0.15, 0.2) is 48.0 Å². The van der Waals surface area contributed by atoms with Gasteiger partial charge in [0.15, 0.2) is 0 Å². The predicted octanol–water partition coefficient (Wildman–Crippen LogP) is 4.50. The largest absolute Gasteiger partial charge is 0.336 e. The van der Waals surface area contributed by atoms with Gasteiger partial charge in [-0.2, -0.15) is 12.7 Å². The second-order valence-electron chi connectivity index (χ2n) is 12.6. The molecule has 10 heteroatoms. The van der Waals surface area contributed by atoms with Crippen molar-refractivity contribution in [1.82, 2.24) is 23.8 Å². The molecule has 2 aromatic carbocycles. The summed E-state index contributed by atoms with van der Waals surface area (Å²) in [6, 6.07) is 14.1. The van der Waals surface area contributed by atoms with Gasteiger partial charge in [-0.25, -0.2) is 4.72 Å². The van der Waals surface area contributed by atoms with E-state index in [0.29, 0.717) is 31.1 Å². The summed E-state index contributed by atoms with van der Waals surface area (Å²) in [5.41, 5.74) is 6.24. The van der Waals surface area contributed by atoms with E-state index in [9.17, 15) is 18.0 Å². The Morgan fingerprint density at radius 1 is 0.977 bits per heavy atom. The van der Waals surface area contributed by atoms with Crippen molar-refractivity contribution in [3.8, 4) is 11.3 Å². The molecule has 1 aliphatic carbocycles. The molecule has 2 unspecified atom stereocenters. The van der Waals surface area contributed by atoms with Gasteiger partial charge in [0.25, 0.3) is 11.8 Å². The molecule has 228 valence electrons. The van der Waals surface area contributed by atoms with E-state index < -0.39 is 16.1 Å². The number of piperazine rings is 1. The second-order valence-corrected chi connectivity index (χ2v) is 14.5. The summed E-state index contributed by atoms with van der Waals surface area (Å²) in [5.74, 6) is -0.300. The summed E-state index contributed by atoms with van der Waals surface area (Å²) in [4.78, 5) is 29.3. The highest BCUT2D eigenvalue weighted by atomic mass is 32.2. The van der Waals surface area contributed by atoms with E-state index in [1.54, 1.807) is 12.1 Å². The topological polar surface area (TPSA) is 104 Å². The van der Waals surface area contributed by atoms with Crippen molar-refractivity contribution < 1.29 is 18.0 Å². The molecule has 0 spiro atoms. The Balaban J connectivity index is 1.52. The quantitative estimate of drug-likeness (QED) is 0.447. The lowest BCUT2D eigenvalue weighted by Gasteiger charge is -2.36. The number of amides is 2. The maximum atomic E-state index is 14.1. The van der Waals surface area contributed by atoms with E-state index >= 15 is 0 Å². The molecule has 43 heavy (non-hydrogen) atoms. The molecular formula is C33H41N5O4S. The zero-order chi connectivity index (χ0) is 30.5. The number of hydrogen-bond donors (Lipinski definition) is 2. The highest BCUT2D eigenvalue weighted by Gasteiger charge is 2.33. The van der Waals surface area contributed by atoms with Crippen molar-refractivity contribution in [3.63, 3.8) is 0 Å². The third kappa shape index (κ3) is 5.63. The second kappa shape index (κ2) is 11.6. The van der Waals surface area contributed by atoms with Crippen molar-refractivity contribution in [2.45, 2.75) is 70.5 Å². The van der Waals surface area contributed by atoms with Gasteiger partial charge in [-0.05, 0) is 61.9 Å². The summed E-state index contributed by atoms with van der Waals surface area (Å²) >= 11 is 0. The minimum atomic E-state index is -3.95. The molecule has 0 radical (unpaired) electrons. The van der Waals surface area contributed by atoms with Crippen LogP contribution in [0.1, 0.15) is 73.4 Å². The zero-order valence-corrected chi connectivity index (χ0v) is 26.2. The summed E-state index contributed by atoms with van der Waals surface area (Å²) in [7, 11) is -1.19. The number of hydrogen-bond acceptors (Lipinski definition) is 5. The van der Waals surface area contributed by atoms with E-state index in [1.165, 1.54) is 38.9 Å². The maximum absolute atomic E-state index is 14.1. The number of rotatable bonds is 5. The van der Waals surface area contributed by atoms with Crippen LogP contribution in [0, 0.1) is 0 Å². The lowest BCUT2D eigenvalue weighted by molar-refractivity contribution is -0.129. The summed E-state index contributed by atoms with van der Waals surface area (Å²) in [6.45, 7) is 5.84. The third-order valence-electron chi connectivity index (χ3n) is 9.08. The predicted molar refractivity (Wildman–Crippen MR) is 170 cm³/mol. The molecule has 1 saturated carbocycles. The Morgan fingerprint density at radius 2 is 1.67 bits per heavy atom. The fourth-order valence-corrected chi connectivity index (χ4v) is 7.65. The molecule has 3 aromatic rings. The van der Waals surface area contributed by atoms with Gasteiger partial charge in [0.05, 0.1) is 12.2 Å². The lowest BCUT2D eigenvalue weighted by atomic mass is 9.81. The average Bonchev–Trinajstić information content (AvgIpc) is 3.18. The van der Waals surface area contributed by atoms with Gasteiger partial charge in [-0.1, -0.05) is 49.6 Å². The summed E-state index contributed by atoms with van der Waals surface area (Å²) in [5, 5.41) is 4.57. The van der Waals surface area contributed by atoms with Gasteiger partial charge in [0.2, 0.25) is 0 Å². The maximum Gasteiger partial charge on any atom is 0.303 e. The Labute approximate surface area is 254 Å². The Kier molecular flexibility index (Phi) is 7.95. The smallest absolute Gasteiger partial charge is 0.303 e. The Bertz CT molecular complexity index is 1710. The highest BCUT2D eigenvalue weighted by molar-refractivity contribution is 7.87. The molecule has 2 fully saturated rings. The number of carbonyl (C=O) groups is 2. The Morgan fingerprint density at radius 3 is 2.37 bits per heavy atom. The van der Waals surface area contributed by atoms with Crippen molar-refractivity contribution in [2.24, 2.45) is 0 Å². The fraction of sp³-hybridized carbons (Fsp3) is 0.455. The molecule has 2 amide bonds. The molecule has 2 atom stereocenters. The van der Waals surface area contributed by atoms with Crippen LogP contribution in [0.4, 0.5) is 0 Å². The van der Waals surface area contributed by atoms with E-state index in [1.807, 2.05) is 29.2 Å². The van der Waals surface area contributed by atoms with Gasteiger partial charge in [0.1, 0.15) is 0 Å². The van der Waals surface area contributed by atoms with Crippen LogP contribution < -0.4 is 10.0 Å². The summed E-state index contributed by atoms with van der Waals surface area (Å²) < 4.78 is 30.2. The molecule has 2 aliphatic heterocycles. The van der Waals surface area contributed by atoms with E-state index in [-0.39, 0.29) is 23.6 Å². The number of nitrogens with one attached hydrogen (secondary N) is 2. The molecule has 2 N–H and O–H groups in total.